The molecule has 0 spiro atoms. The van der Waals surface area contributed by atoms with Gasteiger partial charge in [-0.05, 0) is 23.3 Å². The minimum Gasteiger partial charge on any atom is -0.399 e. The molecule has 1 radical (unpaired) electrons. The van der Waals surface area contributed by atoms with E-state index in [1.165, 1.54) is 11.1 Å². The number of rotatable bonds is 2. The molecule has 69 valence electrons. The van der Waals surface area contributed by atoms with E-state index in [9.17, 15) is 0 Å². The van der Waals surface area contributed by atoms with Gasteiger partial charge in [0.15, 0.2) is 0 Å². The van der Waals surface area contributed by atoms with Crippen molar-refractivity contribution < 1.29 is 0 Å². The molecule has 2 N–H and O–H groups in total. The van der Waals surface area contributed by atoms with Crippen LogP contribution in [0, 0.1) is 6.42 Å². The molecule has 0 unspecified atom stereocenters. The Balaban J connectivity index is 2.16. The van der Waals surface area contributed by atoms with E-state index >= 15 is 0 Å². The van der Waals surface area contributed by atoms with Crippen molar-refractivity contribution in [2.75, 3.05) is 5.73 Å². The van der Waals surface area contributed by atoms with Gasteiger partial charge in [0.25, 0.3) is 0 Å². The topological polar surface area (TPSA) is 26.0 Å². The van der Waals surface area contributed by atoms with E-state index in [2.05, 4.69) is 18.6 Å². The Hall–Kier alpha value is -1.76. The van der Waals surface area contributed by atoms with E-state index < -0.39 is 0 Å². The van der Waals surface area contributed by atoms with E-state index in [0.29, 0.717) is 0 Å². The number of nitrogens with two attached hydrogens (primary N) is 1. The number of anilines is 1. The first-order chi connectivity index (χ1) is 6.84. The lowest BCUT2D eigenvalue weighted by Gasteiger charge is -2.01. The molecule has 0 heterocycles. The lowest BCUT2D eigenvalue weighted by Crippen LogP contribution is -1.87. The normalized spacial score (nSPS) is 10.0. The number of nitrogen functional groups attached to an aromatic ring is 1. The summed E-state index contributed by atoms with van der Waals surface area (Å²) in [4.78, 5) is 0. The van der Waals surface area contributed by atoms with Gasteiger partial charge in [-0.1, -0.05) is 42.5 Å². The largest absolute Gasteiger partial charge is 0.399 e. The Morgan fingerprint density at radius 3 is 1.93 bits per heavy atom. The summed E-state index contributed by atoms with van der Waals surface area (Å²) in [5, 5.41) is 0. The third-order valence-corrected chi connectivity index (χ3v) is 2.07. The van der Waals surface area contributed by atoms with Gasteiger partial charge in [0.05, 0.1) is 0 Å². The molecule has 0 fully saturated rings. The summed E-state index contributed by atoms with van der Waals surface area (Å²) in [7, 11) is 0. The monoisotopic (exact) mass is 182 g/mol. The van der Waals surface area contributed by atoms with Gasteiger partial charge < -0.3 is 5.73 Å². The molecule has 0 aliphatic rings. The molecule has 0 bridgehead atoms. The Labute approximate surface area is 84.2 Å². The van der Waals surface area contributed by atoms with Gasteiger partial charge in [-0.3, -0.25) is 0 Å². The Bertz CT molecular complexity index is 389. The maximum Gasteiger partial charge on any atom is 0.0314 e. The summed E-state index contributed by atoms with van der Waals surface area (Å²) in [6, 6.07) is 18.1. The zero-order chi connectivity index (χ0) is 9.80. The van der Waals surface area contributed by atoms with Gasteiger partial charge in [-0.2, -0.15) is 0 Å². The van der Waals surface area contributed by atoms with Crippen LogP contribution in [0.15, 0.2) is 54.6 Å². The van der Waals surface area contributed by atoms with Crippen molar-refractivity contribution >= 4 is 5.69 Å². The van der Waals surface area contributed by atoms with E-state index in [1.54, 1.807) is 0 Å². The van der Waals surface area contributed by atoms with Crippen molar-refractivity contribution in [2.45, 2.75) is 0 Å². The average Bonchev–Trinajstić information content (AvgIpc) is 2.23. The second-order valence-electron chi connectivity index (χ2n) is 3.22. The van der Waals surface area contributed by atoms with Gasteiger partial charge in [0, 0.05) is 12.1 Å². The van der Waals surface area contributed by atoms with Crippen LogP contribution >= 0.6 is 0 Å². The molecule has 2 aromatic carbocycles. The molecule has 1 heteroatoms. The van der Waals surface area contributed by atoms with Gasteiger partial charge in [-0.25, -0.2) is 0 Å². The van der Waals surface area contributed by atoms with Crippen molar-refractivity contribution in [2.24, 2.45) is 0 Å². The van der Waals surface area contributed by atoms with Crippen LogP contribution in [0.3, 0.4) is 0 Å². The minimum absolute atomic E-state index is 0.801. The fourth-order valence-electron chi connectivity index (χ4n) is 1.33. The molecule has 2 rings (SSSR count). The van der Waals surface area contributed by atoms with Crippen molar-refractivity contribution in [1.82, 2.24) is 0 Å². The number of hydrogen-bond donors (Lipinski definition) is 1. The van der Waals surface area contributed by atoms with Crippen LogP contribution in [0.1, 0.15) is 11.1 Å². The molecule has 0 atom stereocenters. The molecule has 0 saturated heterocycles. The maximum absolute atomic E-state index is 5.61. The number of benzene rings is 2. The van der Waals surface area contributed by atoms with Gasteiger partial charge in [0.1, 0.15) is 0 Å². The zero-order valence-electron chi connectivity index (χ0n) is 7.85. The predicted octanol–water partition coefficient (Wildman–Crippen LogP) is 2.87. The van der Waals surface area contributed by atoms with Gasteiger partial charge in [0.2, 0.25) is 0 Å². The average molecular weight is 182 g/mol. The SMILES string of the molecule is Nc1ccc([CH]c2ccccc2)cc1. The fraction of sp³-hybridized carbons (Fsp3) is 0. The third kappa shape index (κ3) is 2.13. The van der Waals surface area contributed by atoms with Crippen molar-refractivity contribution in [1.29, 1.82) is 0 Å². The predicted molar refractivity (Wildman–Crippen MR) is 59.8 cm³/mol. The maximum atomic E-state index is 5.61. The van der Waals surface area contributed by atoms with E-state index in [-0.39, 0.29) is 0 Å². The lowest BCUT2D eigenvalue weighted by atomic mass is 10.1. The van der Waals surface area contributed by atoms with E-state index in [0.717, 1.165) is 5.69 Å². The first-order valence-corrected chi connectivity index (χ1v) is 4.60. The van der Waals surface area contributed by atoms with Crippen LogP contribution in [0.2, 0.25) is 0 Å². The van der Waals surface area contributed by atoms with Gasteiger partial charge in [-0.15, -0.1) is 0 Å². The summed E-state index contributed by atoms with van der Waals surface area (Å²) in [5.74, 6) is 0. The molecule has 0 aliphatic heterocycles. The first kappa shape index (κ1) is 8.82. The van der Waals surface area contributed by atoms with Crippen LogP contribution in [-0.4, -0.2) is 0 Å². The van der Waals surface area contributed by atoms with Crippen LogP contribution in [-0.2, 0) is 0 Å². The Morgan fingerprint density at radius 2 is 1.29 bits per heavy atom. The van der Waals surface area contributed by atoms with Crippen molar-refractivity contribution in [3.8, 4) is 0 Å². The highest BCUT2D eigenvalue weighted by Crippen LogP contribution is 2.12. The fourth-order valence-corrected chi connectivity index (χ4v) is 1.33. The molecule has 0 saturated carbocycles. The van der Waals surface area contributed by atoms with E-state index in [4.69, 9.17) is 5.73 Å². The summed E-state index contributed by atoms with van der Waals surface area (Å²) in [5.41, 5.74) is 8.78. The standard InChI is InChI=1S/C13H12N/c14-13-8-6-12(7-9-13)10-11-4-2-1-3-5-11/h1-10H,14H2. The minimum atomic E-state index is 0.801. The molecule has 1 nitrogen and oxygen atoms in total. The quantitative estimate of drug-likeness (QED) is 0.710. The lowest BCUT2D eigenvalue weighted by molar-refractivity contribution is 1.43. The summed E-state index contributed by atoms with van der Waals surface area (Å²) >= 11 is 0. The van der Waals surface area contributed by atoms with Crippen molar-refractivity contribution in [3.05, 3.63) is 72.1 Å². The third-order valence-electron chi connectivity index (χ3n) is 2.07. The molecule has 2 aromatic rings. The second-order valence-corrected chi connectivity index (χ2v) is 3.22. The molecule has 0 aliphatic carbocycles. The number of hydrogen-bond acceptors (Lipinski definition) is 1. The van der Waals surface area contributed by atoms with Crippen LogP contribution in [0.25, 0.3) is 0 Å². The highest BCUT2D eigenvalue weighted by atomic mass is 14.5. The van der Waals surface area contributed by atoms with Gasteiger partial charge >= 0.3 is 0 Å². The molecule has 0 amide bonds. The second kappa shape index (κ2) is 3.97. The van der Waals surface area contributed by atoms with Crippen LogP contribution < -0.4 is 5.73 Å². The summed E-state index contributed by atoms with van der Waals surface area (Å²) in [6.45, 7) is 0. The molecule has 14 heavy (non-hydrogen) atoms. The Morgan fingerprint density at radius 1 is 0.714 bits per heavy atom. The smallest absolute Gasteiger partial charge is 0.0314 e. The highest BCUT2D eigenvalue weighted by Gasteiger charge is 1.95. The van der Waals surface area contributed by atoms with E-state index in [1.807, 2.05) is 42.5 Å². The summed E-state index contributed by atoms with van der Waals surface area (Å²) in [6.07, 6.45) is 2.12. The molecular weight excluding hydrogens is 170 g/mol. The van der Waals surface area contributed by atoms with Crippen LogP contribution in [0.4, 0.5) is 5.69 Å². The first-order valence-electron chi connectivity index (χ1n) is 4.60. The molecule has 0 aromatic heterocycles. The molecular formula is C13H12N. The Kier molecular flexibility index (Phi) is 2.50. The zero-order valence-corrected chi connectivity index (χ0v) is 7.85. The summed E-state index contributed by atoms with van der Waals surface area (Å²) < 4.78 is 0. The highest BCUT2D eigenvalue weighted by molar-refractivity contribution is 5.44. The van der Waals surface area contributed by atoms with Crippen molar-refractivity contribution in [3.63, 3.8) is 0 Å². The van der Waals surface area contributed by atoms with Crippen LogP contribution in [0.5, 0.6) is 0 Å².